The van der Waals surface area contributed by atoms with Crippen LogP contribution in [-0.2, 0) is 14.6 Å². The Balaban J connectivity index is 2.71. The third kappa shape index (κ3) is 2.65. The van der Waals surface area contributed by atoms with Crippen LogP contribution >= 0.6 is 0 Å². The molecule has 1 unspecified atom stereocenters. The van der Waals surface area contributed by atoms with Crippen molar-refractivity contribution in [3.05, 3.63) is 0 Å². The number of sulfone groups is 1. The zero-order chi connectivity index (χ0) is 9.95. The van der Waals surface area contributed by atoms with Crippen molar-refractivity contribution in [3.63, 3.8) is 0 Å². The molecule has 0 radical (unpaired) electrons. The van der Waals surface area contributed by atoms with Gasteiger partial charge in [0.05, 0.1) is 17.1 Å². The maximum Gasteiger partial charge on any atom is 0.153 e. The first kappa shape index (κ1) is 10.9. The molecule has 0 amide bonds. The average Bonchev–Trinajstić information content (AvgIpc) is 2.28. The Morgan fingerprint density at radius 3 is 2.62 bits per heavy atom. The van der Waals surface area contributed by atoms with Crippen molar-refractivity contribution in [2.45, 2.75) is 18.9 Å². The van der Waals surface area contributed by atoms with Gasteiger partial charge >= 0.3 is 0 Å². The average molecular weight is 207 g/mol. The lowest BCUT2D eigenvalue weighted by Crippen LogP contribution is -2.43. The predicted octanol–water partition coefficient (Wildman–Crippen LogP) is -0.200. The zero-order valence-electron chi connectivity index (χ0n) is 8.17. The van der Waals surface area contributed by atoms with Gasteiger partial charge < -0.3 is 10.1 Å². The fraction of sp³-hybridized carbons (Fsp3) is 1.00. The molecule has 0 spiro atoms. The summed E-state index contributed by atoms with van der Waals surface area (Å²) in [6, 6.07) is 0. The van der Waals surface area contributed by atoms with E-state index >= 15 is 0 Å². The lowest BCUT2D eigenvalue weighted by molar-refractivity contribution is -0.0164. The van der Waals surface area contributed by atoms with Gasteiger partial charge in [0, 0.05) is 13.2 Å². The van der Waals surface area contributed by atoms with Gasteiger partial charge in [-0.25, -0.2) is 8.42 Å². The van der Waals surface area contributed by atoms with E-state index in [2.05, 4.69) is 5.32 Å². The second kappa shape index (κ2) is 3.94. The van der Waals surface area contributed by atoms with Gasteiger partial charge in [0.25, 0.3) is 0 Å². The quantitative estimate of drug-likeness (QED) is 0.693. The molecule has 4 nitrogen and oxygen atoms in total. The molecule has 1 rings (SSSR count). The Morgan fingerprint density at radius 2 is 2.23 bits per heavy atom. The van der Waals surface area contributed by atoms with Gasteiger partial charge in [-0.3, -0.25) is 0 Å². The molecule has 0 bridgehead atoms. The molecule has 78 valence electrons. The van der Waals surface area contributed by atoms with Crippen molar-refractivity contribution >= 4 is 9.84 Å². The summed E-state index contributed by atoms with van der Waals surface area (Å²) in [5.41, 5.74) is -0.470. The SMILES string of the molecule is CCOC1(CNC)CCS(=O)(=O)C1. The van der Waals surface area contributed by atoms with Gasteiger partial charge in [-0.1, -0.05) is 0 Å². The molecule has 1 heterocycles. The molecule has 13 heavy (non-hydrogen) atoms. The standard InChI is InChI=1S/C8H17NO3S/c1-3-12-8(6-9-2)4-5-13(10,11)7-8/h9H,3-7H2,1-2H3. The Kier molecular flexibility index (Phi) is 3.32. The van der Waals surface area contributed by atoms with E-state index in [9.17, 15) is 8.42 Å². The van der Waals surface area contributed by atoms with Crippen molar-refractivity contribution in [3.8, 4) is 0 Å². The third-order valence-corrected chi connectivity index (χ3v) is 4.09. The molecule has 1 atom stereocenters. The molecule has 0 aliphatic carbocycles. The minimum atomic E-state index is -2.86. The highest BCUT2D eigenvalue weighted by molar-refractivity contribution is 7.91. The smallest absolute Gasteiger partial charge is 0.153 e. The molecule has 0 aromatic carbocycles. The normalized spacial score (nSPS) is 32.2. The summed E-state index contributed by atoms with van der Waals surface area (Å²) >= 11 is 0. The highest BCUT2D eigenvalue weighted by atomic mass is 32.2. The molecule has 1 saturated heterocycles. The minimum absolute atomic E-state index is 0.161. The molecule has 5 heteroatoms. The Bertz CT molecular complexity index is 255. The Labute approximate surface area is 79.6 Å². The van der Waals surface area contributed by atoms with Crippen molar-refractivity contribution in [2.75, 3.05) is 31.7 Å². The first-order valence-corrected chi connectivity index (χ1v) is 6.35. The molecule has 1 aliphatic heterocycles. The summed E-state index contributed by atoms with van der Waals surface area (Å²) in [6.07, 6.45) is 0.615. The monoisotopic (exact) mass is 207 g/mol. The topological polar surface area (TPSA) is 55.4 Å². The van der Waals surface area contributed by atoms with Crippen LogP contribution in [0.5, 0.6) is 0 Å². The summed E-state index contributed by atoms with van der Waals surface area (Å²) in [6.45, 7) is 3.07. The van der Waals surface area contributed by atoms with Crippen molar-refractivity contribution in [1.82, 2.24) is 5.32 Å². The summed E-state index contributed by atoms with van der Waals surface area (Å²) < 4.78 is 28.1. The lowest BCUT2D eigenvalue weighted by Gasteiger charge is -2.27. The summed E-state index contributed by atoms with van der Waals surface area (Å²) in [7, 11) is -1.05. The maximum atomic E-state index is 11.3. The van der Waals surface area contributed by atoms with Crippen LogP contribution in [0.25, 0.3) is 0 Å². The van der Waals surface area contributed by atoms with Crippen LogP contribution in [0.4, 0.5) is 0 Å². The van der Waals surface area contributed by atoms with E-state index < -0.39 is 15.4 Å². The predicted molar refractivity (Wildman–Crippen MR) is 51.6 cm³/mol. The van der Waals surface area contributed by atoms with Crippen molar-refractivity contribution < 1.29 is 13.2 Å². The summed E-state index contributed by atoms with van der Waals surface area (Å²) in [4.78, 5) is 0. The second-order valence-electron chi connectivity index (χ2n) is 3.49. The molecule has 1 aliphatic rings. The lowest BCUT2D eigenvalue weighted by atomic mass is 10.0. The van der Waals surface area contributed by atoms with E-state index in [1.165, 1.54) is 0 Å². The van der Waals surface area contributed by atoms with Crippen LogP contribution < -0.4 is 5.32 Å². The van der Waals surface area contributed by atoms with Gasteiger partial charge in [-0.2, -0.15) is 0 Å². The minimum Gasteiger partial charge on any atom is -0.373 e. The molecule has 0 aromatic rings. The number of rotatable bonds is 4. The van der Waals surface area contributed by atoms with E-state index in [0.717, 1.165) is 0 Å². The Hall–Kier alpha value is -0.130. The highest BCUT2D eigenvalue weighted by Gasteiger charge is 2.42. The maximum absolute atomic E-state index is 11.3. The molecule has 0 aromatic heterocycles. The van der Waals surface area contributed by atoms with E-state index in [-0.39, 0.29) is 11.5 Å². The van der Waals surface area contributed by atoms with E-state index in [1.54, 1.807) is 0 Å². The van der Waals surface area contributed by atoms with E-state index in [4.69, 9.17) is 4.74 Å². The molecule has 0 saturated carbocycles. The van der Waals surface area contributed by atoms with Crippen molar-refractivity contribution in [1.29, 1.82) is 0 Å². The van der Waals surface area contributed by atoms with Gasteiger partial charge in [-0.05, 0) is 20.4 Å². The molecular formula is C8H17NO3S. The fourth-order valence-electron chi connectivity index (χ4n) is 1.82. The molecular weight excluding hydrogens is 190 g/mol. The summed E-state index contributed by atoms with van der Waals surface area (Å²) in [5.74, 6) is 0.420. The second-order valence-corrected chi connectivity index (χ2v) is 5.67. The summed E-state index contributed by atoms with van der Waals surface area (Å²) in [5, 5.41) is 2.98. The van der Waals surface area contributed by atoms with Gasteiger partial charge in [0.2, 0.25) is 0 Å². The Morgan fingerprint density at radius 1 is 1.54 bits per heavy atom. The highest BCUT2D eigenvalue weighted by Crippen LogP contribution is 2.26. The van der Waals surface area contributed by atoms with Crippen LogP contribution in [0.15, 0.2) is 0 Å². The zero-order valence-corrected chi connectivity index (χ0v) is 8.99. The third-order valence-electron chi connectivity index (χ3n) is 2.30. The van der Waals surface area contributed by atoms with E-state index in [1.807, 2.05) is 14.0 Å². The number of likely N-dealkylation sites (N-methyl/N-ethyl adjacent to an activating group) is 1. The van der Waals surface area contributed by atoms with Crippen LogP contribution in [-0.4, -0.2) is 45.7 Å². The number of ether oxygens (including phenoxy) is 1. The van der Waals surface area contributed by atoms with Gasteiger partial charge in [0.1, 0.15) is 0 Å². The van der Waals surface area contributed by atoms with Crippen LogP contribution in [0, 0.1) is 0 Å². The van der Waals surface area contributed by atoms with Gasteiger partial charge in [0.15, 0.2) is 9.84 Å². The fourth-order valence-corrected chi connectivity index (χ4v) is 3.78. The molecule has 1 fully saturated rings. The van der Waals surface area contributed by atoms with Gasteiger partial charge in [-0.15, -0.1) is 0 Å². The van der Waals surface area contributed by atoms with E-state index in [0.29, 0.717) is 19.6 Å². The van der Waals surface area contributed by atoms with Crippen LogP contribution in [0.3, 0.4) is 0 Å². The number of nitrogens with one attached hydrogen (secondary N) is 1. The number of hydrogen-bond donors (Lipinski definition) is 1. The van der Waals surface area contributed by atoms with Crippen LogP contribution in [0.2, 0.25) is 0 Å². The first-order valence-electron chi connectivity index (χ1n) is 4.52. The van der Waals surface area contributed by atoms with Crippen LogP contribution in [0.1, 0.15) is 13.3 Å². The first-order chi connectivity index (χ1) is 6.04. The molecule has 1 N–H and O–H groups in total. The van der Waals surface area contributed by atoms with Crippen molar-refractivity contribution in [2.24, 2.45) is 0 Å². The largest absolute Gasteiger partial charge is 0.373 e. The number of hydrogen-bond acceptors (Lipinski definition) is 4.